The van der Waals surface area contributed by atoms with Crippen LogP contribution in [0.4, 0.5) is 5.69 Å². The average Bonchev–Trinajstić information content (AvgIpc) is 2.71. The van der Waals surface area contributed by atoms with Crippen molar-refractivity contribution in [2.24, 2.45) is 0 Å². The number of esters is 1. The maximum absolute atomic E-state index is 13.1. The zero-order valence-electron chi connectivity index (χ0n) is 16.9. The van der Waals surface area contributed by atoms with Crippen LogP contribution in [0.5, 0.6) is 0 Å². The topological polar surface area (TPSA) is 97.4 Å². The number of aromatic nitrogens is 1. The SMILES string of the molecule is CCCNC(=O)c1nc(C)ccc1C(=O)Nc1c(CC)ccc(Br)c1C(=O)OC. The molecule has 0 aliphatic heterocycles. The molecule has 1 aromatic carbocycles. The zero-order valence-corrected chi connectivity index (χ0v) is 18.5. The highest BCUT2D eigenvalue weighted by Crippen LogP contribution is 2.30. The summed E-state index contributed by atoms with van der Waals surface area (Å²) in [5.74, 6) is -1.53. The van der Waals surface area contributed by atoms with Gasteiger partial charge >= 0.3 is 5.97 Å². The molecule has 2 rings (SSSR count). The van der Waals surface area contributed by atoms with Gasteiger partial charge in [-0.05, 0) is 59.5 Å². The molecule has 0 spiro atoms. The summed E-state index contributed by atoms with van der Waals surface area (Å²) in [4.78, 5) is 42.1. The summed E-state index contributed by atoms with van der Waals surface area (Å²) in [5, 5.41) is 5.53. The van der Waals surface area contributed by atoms with E-state index in [0.717, 1.165) is 12.0 Å². The Morgan fingerprint density at radius 1 is 1.10 bits per heavy atom. The molecule has 1 heterocycles. The van der Waals surface area contributed by atoms with Gasteiger partial charge in [0.05, 0.1) is 23.9 Å². The van der Waals surface area contributed by atoms with Crippen molar-refractivity contribution in [2.45, 2.75) is 33.6 Å². The fourth-order valence-corrected chi connectivity index (χ4v) is 3.27. The minimum absolute atomic E-state index is 0.0450. The van der Waals surface area contributed by atoms with E-state index in [1.165, 1.54) is 7.11 Å². The molecule has 2 aromatic rings. The number of benzene rings is 1. The first kappa shape index (κ1) is 22.5. The molecule has 0 bridgehead atoms. The first-order valence-corrected chi connectivity index (χ1v) is 10.1. The van der Waals surface area contributed by atoms with Gasteiger partial charge in [0, 0.05) is 16.7 Å². The summed E-state index contributed by atoms with van der Waals surface area (Å²) in [6.45, 7) is 6.08. The predicted octanol–water partition coefficient (Wildman–Crippen LogP) is 3.89. The van der Waals surface area contributed by atoms with Gasteiger partial charge in [-0.3, -0.25) is 9.59 Å². The van der Waals surface area contributed by atoms with Gasteiger partial charge in [-0.1, -0.05) is 19.9 Å². The maximum atomic E-state index is 13.1. The van der Waals surface area contributed by atoms with Crippen molar-refractivity contribution in [3.63, 3.8) is 0 Å². The van der Waals surface area contributed by atoms with Gasteiger partial charge in [0.1, 0.15) is 5.69 Å². The Hall–Kier alpha value is -2.74. The fourth-order valence-electron chi connectivity index (χ4n) is 2.78. The third-order valence-corrected chi connectivity index (χ3v) is 4.94. The number of nitrogens with one attached hydrogen (secondary N) is 2. The van der Waals surface area contributed by atoms with Crippen molar-refractivity contribution in [1.82, 2.24) is 10.3 Å². The standard InChI is InChI=1S/C21H24BrN3O4/c1-5-11-23-20(27)18-14(9-7-12(3)24-18)19(26)25-17-13(6-2)8-10-15(22)16(17)21(28)29-4/h7-10H,5-6,11H2,1-4H3,(H,23,27)(H,25,26). The minimum atomic E-state index is -0.578. The summed E-state index contributed by atoms with van der Waals surface area (Å²) < 4.78 is 5.37. The van der Waals surface area contributed by atoms with Crippen molar-refractivity contribution < 1.29 is 19.1 Å². The summed E-state index contributed by atoms with van der Waals surface area (Å²) in [6, 6.07) is 6.76. The van der Waals surface area contributed by atoms with E-state index < -0.39 is 17.8 Å². The average molecular weight is 462 g/mol. The van der Waals surface area contributed by atoms with Crippen LogP contribution in [0.25, 0.3) is 0 Å². The Morgan fingerprint density at radius 2 is 1.83 bits per heavy atom. The molecule has 29 heavy (non-hydrogen) atoms. The highest BCUT2D eigenvalue weighted by Gasteiger charge is 2.24. The van der Waals surface area contributed by atoms with Gasteiger partial charge in [-0.2, -0.15) is 0 Å². The molecule has 0 aliphatic carbocycles. The lowest BCUT2D eigenvalue weighted by molar-refractivity contribution is 0.0600. The highest BCUT2D eigenvalue weighted by atomic mass is 79.9. The van der Waals surface area contributed by atoms with E-state index in [2.05, 4.69) is 31.5 Å². The first-order chi connectivity index (χ1) is 13.8. The number of rotatable bonds is 7. The summed E-state index contributed by atoms with van der Waals surface area (Å²) >= 11 is 3.35. The monoisotopic (exact) mass is 461 g/mol. The fraction of sp³-hybridized carbons (Fsp3) is 0.333. The molecule has 0 atom stereocenters. The maximum Gasteiger partial charge on any atom is 0.341 e. The predicted molar refractivity (Wildman–Crippen MR) is 114 cm³/mol. The van der Waals surface area contributed by atoms with Gasteiger partial charge in [-0.15, -0.1) is 0 Å². The number of hydrogen-bond donors (Lipinski definition) is 2. The Morgan fingerprint density at radius 3 is 2.45 bits per heavy atom. The van der Waals surface area contributed by atoms with Crippen LogP contribution >= 0.6 is 15.9 Å². The number of pyridine rings is 1. The summed E-state index contributed by atoms with van der Waals surface area (Å²) in [6.07, 6.45) is 1.35. The molecule has 0 unspecified atom stereocenters. The Bertz CT molecular complexity index is 944. The van der Waals surface area contributed by atoms with Crippen LogP contribution in [-0.2, 0) is 11.2 Å². The lowest BCUT2D eigenvalue weighted by Crippen LogP contribution is -2.29. The van der Waals surface area contributed by atoms with E-state index in [1.807, 2.05) is 19.9 Å². The number of carbonyl (C=O) groups is 3. The highest BCUT2D eigenvalue weighted by molar-refractivity contribution is 9.10. The van der Waals surface area contributed by atoms with Crippen LogP contribution in [0.15, 0.2) is 28.7 Å². The molecule has 7 nitrogen and oxygen atoms in total. The molecule has 0 saturated heterocycles. The number of nitrogens with zero attached hydrogens (tertiary/aromatic N) is 1. The molecule has 0 radical (unpaired) electrons. The number of amides is 2. The molecule has 0 saturated carbocycles. The molecule has 8 heteroatoms. The Balaban J connectivity index is 2.50. The Labute approximate surface area is 178 Å². The third kappa shape index (κ3) is 5.20. The lowest BCUT2D eigenvalue weighted by atomic mass is 10.0. The van der Waals surface area contributed by atoms with Crippen LogP contribution < -0.4 is 10.6 Å². The molecule has 2 N–H and O–H groups in total. The number of methoxy groups -OCH3 is 1. The number of carbonyl (C=O) groups excluding carboxylic acids is 3. The Kier molecular flexibility index (Phi) is 7.90. The van der Waals surface area contributed by atoms with E-state index in [1.54, 1.807) is 25.1 Å². The van der Waals surface area contributed by atoms with Gasteiger partial charge in [0.15, 0.2) is 0 Å². The summed E-state index contributed by atoms with van der Waals surface area (Å²) in [7, 11) is 1.28. The number of anilines is 1. The smallest absolute Gasteiger partial charge is 0.341 e. The van der Waals surface area contributed by atoms with Crippen LogP contribution in [0.3, 0.4) is 0 Å². The molecule has 0 fully saturated rings. The number of halogens is 1. The largest absolute Gasteiger partial charge is 0.465 e. The molecule has 2 amide bonds. The summed E-state index contributed by atoms with van der Waals surface area (Å²) in [5.41, 5.74) is 2.12. The number of ether oxygens (including phenoxy) is 1. The van der Waals surface area contributed by atoms with Crippen molar-refractivity contribution in [3.05, 3.63) is 56.8 Å². The molecule has 1 aromatic heterocycles. The van der Waals surface area contributed by atoms with Crippen LogP contribution in [0, 0.1) is 6.92 Å². The molecular formula is C21H24BrN3O4. The van der Waals surface area contributed by atoms with Gasteiger partial charge in [0.2, 0.25) is 0 Å². The third-order valence-electron chi connectivity index (χ3n) is 4.28. The van der Waals surface area contributed by atoms with Crippen LogP contribution in [0.2, 0.25) is 0 Å². The van der Waals surface area contributed by atoms with Crippen molar-refractivity contribution in [3.8, 4) is 0 Å². The van der Waals surface area contributed by atoms with Crippen LogP contribution in [0.1, 0.15) is 62.7 Å². The minimum Gasteiger partial charge on any atom is -0.465 e. The first-order valence-electron chi connectivity index (χ1n) is 9.30. The van der Waals surface area contributed by atoms with Gasteiger partial charge < -0.3 is 15.4 Å². The zero-order chi connectivity index (χ0) is 21.6. The van der Waals surface area contributed by atoms with E-state index in [4.69, 9.17) is 4.74 Å². The van der Waals surface area contributed by atoms with E-state index >= 15 is 0 Å². The number of hydrogen-bond acceptors (Lipinski definition) is 5. The van der Waals surface area contributed by atoms with E-state index in [0.29, 0.717) is 28.8 Å². The van der Waals surface area contributed by atoms with E-state index in [9.17, 15) is 14.4 Å². The number of aryl methyl sites for hydroxylation is 2. The van der Waals surface area contributed by atoms with E-state index in [-0.39, 0.29) is 16.8 Å². The van der Waals surface area contributed by atoms with Crippen molar-refractivity contribution >= 4 is 39.4 Å². The van der Waals surface area contributed by atoms with Crippen molar-refractivity contribution in [2.75, 3.05) is 19.0 Å². The van der Waals surface area contributed by atoms with Gasteiger partial charge in [0.25, 0.3) is 11.8 Å². The molecular weight excluding hydrogens is 438 g/mol. The second kappa shape index (κ2) is 10.2. The second-order valence-electron chi connectivity index (χ2n) is 6.36. The lowest BCUT2D eigenvalue weighted by Gasteiger charge is -2.16. The molecule has 154 valence electrons. The normalized spacial score (nSPS) is 10.4. The molecule has 0 aliphatic rings. The van der Waals surface area contributed by atoms with Crippen molar-refractivity contribution in [1.29, 1.82) is 0 Å². The van der Waals surface area contributed by atoms with Gasteiger partial charge in [-0.25, -0.2) is 9.78 Å². The van der Waals surface area contributed by atoms with Crippen LogP contribution in [-0.4, -0.2) is 36.4 Å². The second-order valence-corrected chi connectivity index (χ2v) is 7.21. The quantitative estimate of drug-likeness (QED) is 0.609.